The minimum absolute atomic E-state index is 0.338. The van der Waals surface area contributed by atoms with Gasteiger partial charge in [0.15, 0.2) is 5.82 Å². The zero-order chi connectivity index (χ0) is 13.7. The van der Waals surface area contributed by atoms with E-state index in [1.54, 1.807) is 13.2 Å². The Labute approximate surface area is 125 Å². The van der Waals surface area contributed by atoms with Crippen LogP contribution in [0.1, 0.15) is 11.4 Å². The first-order valence-electron chi connectivity index (χ1n) is 5.68. The van der Waals surface area contributed by atoms with Crippen molar-refractivity contribution in [2.75, 3.05) is 12.4 Å². The van der Waals surface area contributed by atoms with Gasteiger partial charge in [-0.1, -0.05) is 45.7 Å². The van der Waals surface area contributed by atoms with Crippen molar-refractivity contribution < 1.29 is 4.74 Å². The molecule has 6 heteroatoms. The van der Waals surface area contributed by atoms with E-state index in [4.69, 9.17) is 16.3 Å². The van der Waals surface area contributed by atoms with E-state index in [1.807, 2.05) is 24.3 Å². The predicted molar refractivity (Wildman–Crippen MR) is 79.2 cm³/mol. The van der Waals surface area contributed by atoms with Gasteiger partial charge in [-0.3, -0.25) is 0 Å². The van der Waals surface area contributed by atoms with E-state index in [2.05, 4.69) is 31.2 Å². The molecule has 100 valence electrons. The van der Waals surface area contributed by atoms with Gasteiger partial charge in [0.25, 0.3) is 0 Å². The Balaban J connectivity index is 2.09. The molecule has 0 radical (unpaired) electrons. The van der Waals surface area contributed by atoms with E-state index >= 15 is 0 Å². The third kappa shape index (κ3) is 4.16. The molecule has 0 spiro atoms. The summed E-state index contributed by atoms with van der Waals surface area (Å²) in [6.45, 7) is 0.992. The minimum Gasteiger partial charge on any atom is -0.377 e. The second-order valence-corrected chi connectivity index (χ2v) is 5.11. The fourth-order valence-corrected chi connectivity index (χ4v) is 2.20. The maximum atomic E-state index is 5.94. The highest BCUT2D eigenvalue weighted by molar-refractivity contribution is 9.10. The fourth-order valence-electron chi connectivity index (χ4n) is 1.58. The van der Waals surface area contributed by atoms with Gasteiger partial charge in [-0.05, 0) is 11.6 Å². The minimum atomic E-state index is 0.338. The van der Waals surface area contributed by atoms with Crippen LogP contribution in [0.5, 0.6) is 0 Å². The molecule has 19 heavy (non-hydrogen) atoms. The van der Waals surface area contributed by atoms with Crippen LogP contribution in [0, 0.1) is 0 Å². The van der Waals surface area contributed by atoms with Gasteiger partial charge in [0, 0.05) is 24.2 Å². The molecular weight excluding hydrogens is 330 g/mol. The van der Waals surface area contributed by atoms with Crippen molar-refractivity contribution in [1.29, 1.82) is 0 Å². The number of aromatic nitrogens is 2. The number of halogens is 2. The summed E-state index contributed by atoms with van der Waals surface area (Å²) in [6, 6.07) is 9.70. The van der Waals surface area contributed by atoms with Gasteiger partial charge in [0.05, 0.1) is 0 Å². The van der Waals surface area contributed by atoms with Gasteiger partial charge in [-0.25, -0.2) is 9.97 Å². The van der Waals surface area contributed by atoms with Gasteiger partial charge in [-0.2, -0.15) is 0 Å². The lowest BCUT2D eigenvalue weighted by atomic mass is 10.2. The molecule has 1 heterocycles. The van der Waals surface area contributed by atoms with Crippen LogP contribution in [0.2, 0.25) is 5.15 Å². The second-order valence-electron chi connectivity index (χ2n) is 3.87. The maximum Gasteiger partial charge on any atom is 0.158 e. The van der Waals surface area contributed by atoms with Crippen LogP contribution >= 0.6 is 27.5 Å². The Morgan fingerprint density at radius 2 is 2.11 bits per heavy atom. The van der Waals surface area contributed by atoms with Crippen LogP contribution in [0.25, 0.3) is 0 Å². The van der Waals surface area contributed by atoms with Crippen molar-refractivity contribution >= 4 is 33.3 Å². The number of benzene rings is 1. The van der Waals surface area contributed by atoms with Crippen molar-refractivity contribution in [3.05, 3.63) is 51.3 Å². The maximum absolute atomic E-state index is 5.94. The molecule has 2 rings (SSSR count). The first-order chi connectivity index (χ1) is 9.19. The smallest absolute Gasteiger partial charge is 0.158 e. The molecular formula is C13H13BrClN3O. The molecule has 0 unspecified atom stereocenters. The van der Waals surface area contributed by atoms with Crippen molar-refractivity contribution in [2.24, 2.45) is 0 Å². The molecule has 1 aromatic heterocycles. The number of nitrogens with one attached hydrogen (secondary N) is 1. The van der Waals surface area contributed by atoms with Crippen molar-refractivity contribution in [3.63, 3.8) is 0 Å². The Hall–Kier alpha value is -1.17. The first kappa shape index (κ1) is 14.2. The van der Waals surface area contributed by atoms with Gasteiger partial charge < -0.3 is 10.1 Å². The Bertz CT molecular complexity index is 565. The van der Waals surface area contributed by atoms with Crippen molar-refractivity contribution in [2.45, 2.75) is 13.2 Å². The Morgan fingerprint density at radius 3 is 2.84 bits per heavy atom. The third-order valence-corrected chi connectivity index (χ3v) is 3.40. The van der Waals surface area contributed by atoms with Crippen molar-refractivity contribution in [3.8, 4) is 0 Å². The number of methoxy groups -OCH3 is 1. The lowest BCUT2D eigenvalue weighted by Gasteiger charge is -2.09. The third-order valence-electron chi connectivity index (χ3n) is 2.43. The van der Waals surface area contributed by atoms with E-state index in [-0.39, 0.29) is 0 Å². The highest BCUT2D eigenvalue weighted by atomic mass is 79.9. The SMILES string of the molecule is COCc1nc(Cl)cc(NCc2ccccc2Br)n1. The molecule has 0 aliphatic heterocycles. The number of ether oxygens (including phenoxy) is 1. The topological polar surface area (TPSA) is 47.0 Å². The number of hydrogen-bond donors (Lipinski definition) is 1. The molecule has 0 saturated carbocycles. The van der Waals surface area contributed by atoms with Crippen LogP contribution in [0.3, 0.4) is 0 Å². The highest BCUT2D eigenvalue weighted by Crippen LogP contribution is 2.18. The van der Waals surface area contributed by atoms with Gasteiger partial charge in [-0.15, -0.1) is 0 Å². The van der Waals surface area contributed by atoms with E-state index in [0.717, 1.165) is 10.0 Å². The summed E-state index contributed by atoms with van der Waals surface area (Å²) in [5.74, 6) is 1.24. The molecule has 1 aromatic carbocycles. The molecule has 2 aromatic rings. The monoisotopic (exact) mass is 341 g/mol. The molecule has 0 aliphatic rings. The highest BCUT2D eigenvalue weighted by Gasteiger charge is 2.04. The summed E-state index contributed by atoms with van der Waals surface area (Å²) >= 11 is 9.45. The quantitative estimate of drug-likeness (QED) is 0.843. The number of rotatable bonds is 5. The molecule has 0 saturated heterocycles. The zero-order valence-corrected chi connectivity index (χ0v) is 12.7. The number of nitrogens with zero attached hydrogens (tertiary/aromatic N) is 2. The molecule has 1 N–H and O–H groups in total. The lowest BCUT2D eigenvalue weighted by molar-refractivity contribution is 0.178. The molecule has 0 amide bonds. The molecule has 0 atom stereocenters. The Kier molecular flexibility index (Phi) is 5.13. The Morgan fingerprint density at radius 1 is 1.32 bits per heavy atom. The van der Waals surface area contributed by atoms with Crippen molar-refractivity contribution in [1.82, 2.24) is 9.97 Å². The van der Waals surface area contributed by atoms with Gasteiger partial charge in [0.1, 0.15) is 17.6 Å². The molecule has 0 aliphatic carbocycles. The van der Waals surface area contributed by atoms with Gasteiger partial charge >= 0.3 is 0 Å². The van der Waals surface area contributed by atoms with Crippen LogP contribution < -0.4 is 5.32 Å². The summed E-state index contributed by atoms with van der Waals surface area (Å²) in [6.07, 6.45) is 0. The number of hydrogen-bond acceptors (Lipinski definition) is 4. The van der Waals surface area contributed by atoms with E-state index < -0.39 is 0 Å². The summed E-state index contributed by atoms with van der Waals surface area (Å²) in [7, 11) is 1.60. The van der Waals surface area contributed by atoms with E-state index in [1.165, 1.54) is 0 Å². The van der Waals surface area contributed by atoms with E-state index in [0.29, 0.717) is 29.9 Å². The fraction of sp³-hybridized carbons (Fsp3) is 0.231. The molecule has 0 bridgehead atoms. The average molecular weight is 343 g/mol. The summed E-state index contributed by atoms with van der Waals surface area (Å²) in [4.78, 5) is 8.40. The van der Waals surface area contributed by atoms with Crippen LogP contribution in [-0.2, 0) is 17.9 Å². The van der Waals surface area contributed by atoms with Crippen LogP contribution in [0.15, 0.2) is 34.8 Å². The largest absolute Gasteiger partial charge is 0.377 e. The lowest BCUT2D eigenvalue weighted by Crippen LogP contribution is -2.05. The van der Waals surface area contributed by atoms with Crippen LogP contribution in [0.4, 0.5) is 5.82 Å². The number of anilines is 1. The summed E-state index contributed by atoms with van der Waals surface area (Å²) in [5, 5.41) is 3.62. The predicted octanol–water partition coefficient (Wildman–Crippen LogP) is 3.65. The summed E-state index contributed by atoms with van der Waals surface area (Å²) in [5.41, 5.74) is 1.14. The van der Waals surface area contributed by atoms with Gasteiger partial charge in [0.2, 0.25) is 0 Å². The standard InChI is InChI=1S/C13H13BrClN3O/c1-19-8-13-17-11(15)6-12(18-13)16-7-9-4-2-3-5-10(9)14/h2-6H,7-8H2,1H3,(H,16,17,18). The first-order valence-corrected chi connectivity index (χ1v) is 6.86. The summed E-state index contributed by atoms with van der Waals surface area (Å²) < 4.78 is 6.06. The van der Waals surface area contributed by atoms with Crippen LogP contribution in [-0.4, -0.2) is 17.1 Å². The average Bonchev–Trinajstić information content (AvgIpc) is 2.37. The normalized spacial score (nSPS) is 10.5. The second kappa shape index (κ2) is 6.84. The molecule has 4 nitrogen and oxygen atoms in total. The zero-order valence-electron chi connectivity index (χ0n) is 10.4. The van der Waals surface area contributed by atoms with E-state index in [9.17, 15) is 0 Å². The molecule has 0 fully saturated rings.